The Morgan fingerprint density at radius 3 is 2.64 bits per heavy atom. The number of rotatable bonds is 4. The summed E-state index contributed by atoms with van der Waals surface area (Å²) in [4.78, 5) is 25.1. The Morgan fingerprint density at radius 2 is 1.88 bits per heavy atom. The Morgan fingerprint density at radius 1 is 1.08 bits per heavy atom. The fourth-order valence-corrected chi connectivity index (χ4v) is 2.80. The highest BCUT2D eigenvalue weighted by Gasteiger charge is 2.12. The van der Waals surface area contributed by atoms with E-state index < -0.39 is 5.91 Å². The normalized spacial score (nSPS) is 10.5. The largest absolute Gasteiger partial charge is 0.322 e. The maximum absolute atomic E-state index is 12.6. The molecule has 0 saturated carbocycles. The van der Waals surface area contributed by atoms with Gasteiger partial charge in [-0.3, -0.25) is 9.59 Å². The van der Waals surface area contributed by atoms with E-state index in [9.17, 15) is 9.59 Å². The van der Waals surface area contributed by atoms with Gasteiger partial charge >= 0.3 is 0 Å². The molecule has 0 bridgehead atoms. The van der Waals surface area contributed by atoms with Gasteiger partial charge in [-0.25, -0.2) is 0 Å². The number of anilines is 1. The second-order valence-corrected chi connectivity index (χ2v) is 6.24. The molecular weight excluding hydrogens is 336 g/mol. The highest BCUT2D eigenvalue weighted by atomic mass is 35.5. The highest BCUT2D eigenvalue weighted by molar-refractivity contribution is 6.30. The van der Waals surface area contributed by atoms with E-state index in [-0.39, 0.29) is 11.1 Å². The third-order valence-electron chi connectivity index (χ3n) is 3.78. The Hall–Kier alpha value is -2.85. The lowest BCUT2D eigenvalue weighted by molar-refractivity contribution is 0.102. The van der Waals surface area contributed by atoms with Crippen LogP contribution in [0.25, 0.3) is 0 Å². The SMILES string of the molecule is Cc1cccc(Cn2cccc(C(=O)Nc3cccc(Cl)c3)c2=O)c1. The van der Waals surface area contributed by atoms with Crippen molar-refractivity contribution >= 4 is 23.2 Å². The van der Waals surface area contributed by atoms with Gasteiger partial charge in [0.05, 0.1) is 6.54 Å². The molecule has 0 fully saturated rings. The molecule has 2 aromatic carbocycles. The van der Waals surface area contributed by atoms with Gasteiger partial charge < -0.3 is 9.88 Å². The third kappa shape index (κ3) is 4.17. The van der Waals surface area contributed by atoms with Crippen LogP contribution in [0.4, 0.5) is 5.69 Å². The molecule has 0 aliphatic rings. The number of nitrogens with one attached hydrogen (secondary N) is 1. The molecule has 0 spiro atoms. The van der Waals surface area contributed by atoms with Gasteiger partial charge in [-0.05, 0) is 42.8 Å². The van der Waals surface area contributed by atoms with E-state index in [1.54, 1.807) is 36.5 Å². The van der Waals surface area contributed by atoms with Gasteiger partial charge in [0.15, 0.2) is 0 Å². The van der Waals surface area contributed by atoms with E-state index in [0.29, 0.717) is 17.3 Å². The van der Waals surface area contributed by atoms with Crippen molar-refractivity contribution in [3.05, 3.63) is 98.9 Å². The summed E-state index contributed by atoms with van der Waals surface area (Å²) in [5.74, 6) is -0.453. The first-order valence-electron chi connectivity index (χ1n) is 7.85. The molecule has 4 nitrogen and oxygen atoms in total. The zero-order valence-corrected chi connectivity index (χ0v) is 14.5. The molecule has 1 aromatic heterocycles. The number of amides is 1. The lowest BCUT2D eigenvalue weighted by atomic mass is 10.1. The van der Waals surface area contributed by atoms with Crippen molar-refractivity contribution in [2.75, 3.05) is 5.32 Å². The fourth-order valence-electron chi connectivity index (χ4n) is 2.61. The maximum Gasteiger partial charge on any atom is 0.263 e. The minimum Gasteiger partial charge on any atom is -0.322 e. The number of pyridine rings is 1. The summed E-state index contributed by atoms with van der Waals surface area (Å²) in [7, 11) is 0. The number of hydrogen-bond donors (Lipinski definition) is 1. The molecule has 0 atom stereocenters. The number of aromatic nitrogens is 1. The minimum absolute atomic E-state index is 0.0927. The van der Waals surface area contributed by atoms with E-state index in [4.69, 9.17) is 11.6 Å². The van der Waals surface area contributed by atoms with Crippen LogP contribution >= 0.6 is 11.6 Å². The minimum atomic E-state index is -0.453. The predicted molar refractivity (Wildman–Crippen MR) is 100 cm³/mol. The molecule has 25 heavy (non-hydrogen) atoms. The molecule has 3 aromatic rings. The summed E-state index contributed by atoms with van der Waals surface area (Å²) >= 11 is 5.92. The van der Waals surface area contributed by atoms with Crippen molar-refractivity contribution in [1.82, 2.24) is 4.57 Å². The van der Waals surface area contributed by atoms with E-state index >= 15 is 0 Å². The summed E-state index contributed by atoms with van der Waals surface area (Å²) in [6.07, 6.45) is 1.68. The Kier molecular flexibility index (Phi) is 5.00. The fraction of sp³-hybridized carbons (Fsp3) is 0.100. The summed E-state index contributed by atoms with van der Waals surface area (Å²) < 4.78 is 1.53. The van der Waals surface area contributed by atoms with Crippen molar-refractivity contribution < 1.29 is 4.79 Å². The Balaban J connectivity index is 1.85. The van der Waals surface area contributed by atoms with Crippen LogP contribution in [0.1, 0.15) is 21.5 Å². The number of hydrogen-bond acceptors (Lipinski definition) is 2. The van der Waals surface area contributed by atoms with Crippen LogP contribution in [0.3, 0.4) is 0 Å². The molecule has 5 heteroatoms. The first kappa shape index (κ1) is 17.0. The van der Waals surface area contributed by atoms with E-state index in [1.165, 1.54) is 10.6 Å². The number of benzene rings is 2. The van der Waals surface area contributed by atoms with Crippen molar-refractivity contribution in [2.45, 2.75) is 13.5 Å². The van der Waals surface area contributed by atoms with Gasteiger partial charge in [0, 0.05) is 16.9 Å². The molecule has 126 valence electrons. The molecule has 0 radical (unpaired) electrons. The quantitative estimate of drug-likeness (QED) is 0.768. The number of carbonyl (C=O) groups is 1. The van der Waals surface area contributed by atoms with E-state index in [0.717, 1.165) is 11.1 Å². The van der Waals surface area contributed by atoms with Crippen molar-refractivity contribution in [1.29, 1.82) is 0 Å². The van der Waals surface area contributed by atoms with Gasteiger partial charge in [-0.15, -0.1) is 0 Å². The van der Waals surface area contributed by atoms with Crippen LogP contribution in [0.15, 0.2) is 71.7 Å². The molecule has 0 saturated heterocycles. The molecule has 0 unspecified atom stereocenters. The number of carbonyl (C=O) groups excluding carboxylic acids is 1. The van der Waals surface area contributed by atoms with Crippen LogP contribution in [-0.4, -0.2) is 10.5 Å². The van der Waals surface area contributed by atoms with Gasteiger partial charge in [-0.1, -0.05) is 47.5 Å². The van der Waals surface area contributed by atoms with Gasteiger partial charge in [0.1, 0.15) is 5.56 Å². The molecule has 1 N–H and O–H groups in total. The maximum atomic E-state index is 12.6. The van der Waals surface area contributed by atoms with Crippen molar-refractivity contribution in [3.8, 4) is 0 Å². The molecule has 1 heterocycles. The highest BCUT2D eigenvalue weighted by Crippen LogP contribution is 2.15. The van der Waals surface area contributed by atoms with Crippen LogP contribution in [0.5, 0.6) is 0 Å². The number of aryl methyl sites for hydroxylation is 1. The average Bonchev–Trinajstić information content (AvgIpc) is 2.57. The standard InChI is InChI=1S/C20H17ClN2O2/c1-14-5-2-6-15(11-14)13-23-10-4-9-18(20(23)25)19(24)22-17-8-3-7-16(21)12-17/h2-12H,13H2,1H3,(H,22,24). The lowest BCUT2D eigenvalue weighted by Gasteiger charge is -2.09. The molecule has 0 aliphatic heterocycles. The van der Waals surface area contributed by atoms with Crippen molar-refractivity contribution in [3.63, 3.8) is 0 Å². The first-order chi connectivity index (χ1) is 12.0. The summed E-state index contributed by atoms with van der Waals surface area (Å²) in [5, 5.41) is 3.22. The smallest absolute Gasteiger partial charge is 0.263 e. The van der Waals surface area contributed by atoms with Crippen LogP contribution < -0.4 is 10.9 Å². The van der Waals surface area contributed by atoms with E-state index in [1.807, 2.05) is 31.2 Å². The van der Waals surface area contributed by atoms with Crippen LogP contribution in [-0.2, 0) is 6.54 Å². The summed E-state index contributed by atoms with van der Waals surface area (Å²) in [5.41, 5.74) is 2.44. The predicted octanol–water partition coefficient (Wildman–Crippen LogP) is 4.11. The van der Waals surface area contributed by atoms with Crippen LogP contribution in [0.2, 0.25) is 5.02 Å². The lowest BCUT2D eigenvalue weighted by Crippen LogP contribution is -2.29. The first-order valence-corrected chi connectivity index (χ1v) is 8.22. The Bertz CT molecular complexity index is 979. The zero-order chi connectivity index (χ0) is 17.8. The van der Waals surface area contributed by atoms with Gasteiger partial charge in [0.2, 0.25) is 0 Å². The summed E-state index contributed by atoms with van der Waals surface area (Å²) in [6.45, 7) is 2.42. The van der Waals surface area contributed by atoms with E-state index in [2.05, 4.69) is 5.32 Å². The summed E-state index contributed by atoms with van der Waals surface area (Å²) in [6, 6.07) is 18.0. The monoisotopic (exact) mass is 352 g/mol. The molecule has 3 rings (SSSR count). The molecule has 1 amide bonds. The number of nitrogens with zero attached hydrogens (tertiary/aromatic N) is 1. The second kappa shape index (κ2) is 7.36. The molecule has 0 aliphatic carbocycles. The zero-order valence-electron chi connectivity index (χ0n) is 13.7. The van der Waals surface area contributed by atoms with Crippen LogP contribution in [0, 0.1) is 6.92 Å². The topological polar surface area (TPSA) is 51.1 Å². The van der Waals surface area contributed by atoms with Crippen molar-refractivity contribution in [2.24, 2.45) is 0 Å². The average molecular weight is 353 g/mol. The van der Waals surface area contributed by atoms with Gasteiger partial charge in [-0.2, -0.15) is 0 Å². The second-order valence-electron chi connectivity index (χ2n) is 5.81. The number of halogens is 1. The Labute approximate surface area is 150 Å². The molecular formula is C20H17ClN2O2. The third-order valence-corrected chi connectivity index (χ3v) is 4.02. The van der Waals surface area contributed by atoms with Gasteiger partial charge in [0.25, 0.3) is 11.5 Å².